The van der Waals surface area contributed by atoms with E-state index >= 15 is 0 Å². The fourth-order valence-electron chi connectivity index (χ4n) is 2.42. The van der Waals surface area contributed by atoms with E-state index in [2.05, 4.69) is 27.5 Å². The number of aromatic nitrogens is 2. The molecular weight excluding hydrogens is 280 g/mol. The zero-order valence-corrected chi connectivity index (χ0v) is 13.6. The largest absolute Gasteiger partial charge is 0.493 e. The van der Waals surface area contributed by atoms with Crippen molar-refractivity contribution in [3.05, 3.63) is 30.0 Å². The van der Waals surface area contributed by atoms with Crippen LogP contribution in [0.15, 0.2) is 24.4 Å². The lowest BCUT2D eigenvalue weighted by atomic mass is 10.1. The van der Waals surface area contributed by atoms with Crippen LogP contribution in [0.1, 0.15) is 5.56 Å². The molecule has 2 aromatic rings. The van der Waals surface area contributed by atoms with Crippen molar-refractivity contribution in [1.29, 1.82) is 0 Å². The van der Waals surface area contributed by atoms with Crippen LogP contribution >= 0.6 is 0 Å². The third kappa shape index (κ3) is 3.58. The van der Waals surface area contributed by atoms with Crippen LogP contribution in [0.2, 0.25) is 0 Å². The van der Waals surface area contributed by atoms with Gasteiger partial charge in [-0.3, -0.25) is 5.10 Å². The second-order valence-electron chi connectivity index (χ2n) is 5.15. The first-order chi connectivity index (χ1) is 10.7. The standard InChI is InChI=1S/C16H24N4O2/c1-17-8-9-20(2)11-12-10-18-19-15(12)13-6-5-7-14(21-3)16(13)22-4/h5-7,10,17H,8-9,11H2,1-4H3,(H,18,19). The number of nitrogens with zero attached hydrogens (tertiary/aromatic N) is 2. The smallest absolute Gasteiger partial charge is 0.170 e. The van der Waals surface area contributed by atoms with E-state index in [4.69, 9.17) is 9.47 Å². The summed E-state index contributed by atoms with van der Waals surface area (Å²) in [6.07, 6.45) is 1.87. The van der Waals surface area contributed by atoms with Crippen LogP contribution in [-0.4, -0.2) is 56.5 Å². The number of methoxy groups -OCH3 is 2. The normalized spacial score (nSPS) is 11.0. The number of para-hydroxylation sites is 1. The van der Waals surface area contributed by atoms with Gasteiger partial charge in [0.2, 0.25) is 0 Å². The molecule has 1 aromatic carbocycles. The first-order valence-corrected chi connectivity index (χ1v) is 7.28. The van der Waals surface area contributed by atoms with Crippen molar-refractivity contribution in [2.45, 2.75) is 6.54 Å². The van der Waals surface area contributed by atoms with E-state index in [1.165, 1.54) is 0 Å². The first-order valence-electron chi connectivity index (χ1n) is 7.28. The minimum Gasteiger partial charge on any atom is -0.493 e. The molecule has 6 heteroatoms. The molecule has 120 valence electrons. The summed E-state index contributed by atoms with van der Waals surface area (Å²) in [5.41, 5.74) is 3.05. The fraction of sp³-hybridized carbons (Fsp3) is 0.438. The molecule has 1 aromatic heterocycles. The Balaban J connectivity index is 2.29. The van der Waals surface area contributed by atoms with Crippen molar-refractivity contribution in [3.8, 4) is 22.8 Å². The number of nitrogens with one attached hydrogen (secondary N) is 2. The zero-order valence-electron chi connectivity index (χ0n) is 13.6. The van der Waals surface area contributed by atoms with E-state index < -0.39 is 0 Å². The summed E-state index contributed by atoms with van der Waals surface area (Å²) < 4.78 is 10.9. The molecule has 0 bridgehead atoms. The second kappa shape index (κ2) is 7.82. The van der Waals surface area contributed by atoms with Crippen LogP contribution in [0.5, 0.6) is 11.5 Å². The van der Waals surface area contributed by atoms with E-state index in [1.54, 1.807) is 14.2 Å². The maximum Gasteiger partial charge on any atom is 0.170 e. The number of hydrogen-bond donors (Lipinski definition) is 2. The molecule has 0 spiro atoms. The van der Waals surface area contributed by atoms with Gasteiger partial charge in [0, 0.05) is 30.8 Å². The summed E-state index contributed by atoms with van der Waals surface area (Å²) in [6, 6.07) is 5.84. The predicted molar refractivity (Wildman–Crippen MR) is 87.4 cm³/mol. The Labute approximate surface area is 131 Å². The third-order valence-corrected chi connectivity index (χ3v) is 3.57. The van der Waals surface area contributed by atoms with Gasteiger partial charge in [-0.1, -0.05) is 6.07 Å². The Kier molecular flexibility index (Phi) is 5.80. The lowest BCUT2D eigenvalue weighted by molar-refractivity contribution is 0.328. The van der Waals surface area contributed by atoms with Gasteiger partial charge in [-0.15, -0.1) is 0 Å². The van der Waals surface area contributed by atoms with Crippen LogP contribution in [0.25, 0.3) is 11.3 Å². The molecular formula is C16H24N4O2. The molecule has 0 aliphatic rings. The van der Waals surface area contributed by atoms with E-state index in [0.29, 0.717) is 11.5 Å². The van der Waals surface area contributed by atoms with Gasteiger partial charge in [0.1, 0.15) is 0 Å². The number of H-pyrrole nitrogens is 1. The molecule has 0 fully saturated rings. The van der Waals surface area contributed by atoms with Gasteiger partial charge in [0.15, 0.2) is 11.5 Å². The molecule has 0 aliphatic carbocycles. The molecule has 0 atom stereocenters. The van der Waals surface area contributed by atoms with Gasteiger partial charge in [-0.25, -0.2) is 0 Å². The molecule has 0 aliphatic heterocycles. The number of aromatic amines is 1. The summed E-state index contributed by atoms with van der Waals surface area (Å²) >= 11 is 0. The molecule has 0 unspecified atom stereocenters. The summed E-state index contributed by atoms with van der Waals surface area (Å²) in [5.74, 6) is 1.43. The molecule has 6 nitrogen and oxygen atoms in total. The highest BCUT2D eigenvalue weighted by Gasteiger charge is 2.16. The number of ether oxygens (including phenoxy) is 2. The lowest BCUT2D eigenvalue weighted by Gasteiger charge is -2.17. The third-order valence-electron chi connectivity index (χ3n) is 3.57. The highest BCUT2D eigenvalue weighted by molar-refractivity contribution is 5.73. The molecule has 0 saturated carbocycles. The van der Waals surface area contributed by atoms with Crippen molar-refractivity contribution in [1.82, 2.24) is 20.4 Å². The van der Waals surface area contributed by atoms with Crippen molar-refractivity contribution >= 4 is 0 Å². The SMILES string of the molecule is CNCCN(C)Cc1cn[nH]c1-c1cccc(OC)c1OC. The van der Waals surface area contributed by atoms with Gasteiger partial charge in [-0.05, 0) is 26.2 Å². The van der Waals surface area contributed by atoms with Crippen molar-refractivity contribution in [3.63, 3.8) is 0 Å². The monoisotopic (exact) mass is 304 g/mol. The summed E-state index contributed by atoms with van der Waals surface area (Å²) in [4.78, 5) is 2.25. The molecule has 0 amide bonds. The van der Waals surface area contributed by atoms with Gasteiger partial charge in [-0.2, -0.15) is 5.10 Å². The summed E-state index contributed by atoms with van der Waals surface area (Å²) in [6.45, 7) is 2.73. The molecule has 1 heterocycles. The number of likely N-dealkylation sites (N-methyl/N-ethyl adjacent to an activating group) is 2. The molecule has 2 rings (SSSR count). The van der Waals surface area contributed by atoms with Crippen LogP contribution in [0.3, 0.4) is 0 Å². The van der Waals surface area contributed by atoms with Crippen LogP contribution in [0, 0.1) is 0 Å². The van der Waals surface area contributed by atoms with E-state index in [-0.39, 0.29) is 0 Å². The average Bonchev–Trinajstić information content (AvgIpc) is 2.99. The first kappa shape index (κ1) is 16.3. The lowest BCUT2D eigenvalue weighted by Crippen LogP contribution is -2.27. The number of benzene rings is 1. The Bertz CT molecular complexity index is 598. The van der Waals surface area contributed by atoms with Crippen LogP contribution in [-0.2, 0) is 6.54 Å². The van der Waals surface area contributed by atoms with Crippen molar-refractivity contribution in [2.75, 3.05) is 41.4 Å². The Morgan fingerprint density at radius 2 is 2.09 bits per heavy atom. The van der Waals surface area contributed by atoms with Crippen molar-refractivity contribution in [2.24, 2.45) is 0 Å². The number of hydrogen-bond acceptors (Lipinski definition) is 5. The van der Waals surface area contributed by atoms with Gasteiger partial charge >= 0.3 is 0 Å². The average molecular weight is 304 g/mol. The minimum absolute atomic E-state index is 0.712. The number of rotatable bonds is 8. The highest BCUT2D eigenvalue weighted by Crippen LogP contribution is 2.38. The summed E-state index contributed by atoms with van der Waals surface area (Å²) in [7, 11) is 7.34. The molecule has 0 saturated heterocycles. The maximum atomic E-state index is 5.52. The predicted octanol–water partition coefficient (Wildman–Crippen LogP) is 1.75. The molecule has 2 N–H and O–H groups in total. The van der Waals surface area contributed by atoms with E-state index in [9.17, 15) is 0 Å². The second-order valence-corrected chi connectivity index (χ2v) is 5.15. The highest BCUT2D eigenvalue weighted by atomic mass is 16.5. The minimum atomic E-state index is 0.712. The maximum absolute atomic E-state index is 5.52. The Morgan fingerprint density at radius 3 is 2.77 bits per heavy atom. The van der Waals surface area contributed by atoms with Gasteiger partial charge in [0.25, 0.3) is 0 Å². The topological polar surface area (TPSA) is 62.4 Å². The quantitative estimate of drug-likeness (QED) is 0.778. The Morgan fingerprint density at radius 1 is 1.27 bits per heavy atom. The zero-order chi connectivity index (χ0) is 15.9. The van der Waals surface area contributed by atoms with Crippen LogP contribution < -0.4 is 14.8 Å². The van der Waals surface area contributed by atoms with Crippen molar-refractivity contribution < 1.29 is 9.47 Å². The molecule has 0 radical (unpaired) electrons. The summed E-state index contributed by atoms with van der Waals surface area (Å²) in [5, 5.41) is 10.4. The van der Waals surface area contributed by atoms with Gasteiger partial charge < -0.3 is 19.7 Å². The van der Waals surface area contributed by atoms with E-state index in [0.717, 1.165) is 36.5 Å². The molecule has 22 heavy (non-hydrogen) atoms. The van der Waals surface area contributed by atoms with E-state index in [1.807, 2.05) is 31.4 Å². The van der Waals surface area contributed by atoms with Gasteiger partial charge in [0.05, 0.1) is 26.1 Å². The Hall–Kier alpha value is -2.05. The van der Waals surface area contributed by atoms with Crippen LogP contribution in [0.4, 0.5) is 0 Å². The fourth-order valence-corrected chi connectivity index (χ4v) is 2.42.